The van der Waals surface area contributed by atoms with E-state index < -0.39 is 0 Å². The second kappa shape index (κ2) is 5.10. The number of morpholine rings is 1. The first kappa shape index (κ1) is 12.2. The molecular formula is C14H20N4O2. The van der Waals surface area contributed by atoms with Crippen molar-refractivity contribution in [2.24, 2.45) is 0 Å². The second-order valence-corrected chi connectivity index (χ2v) is 5.48. The summed E-state index contributed by atoms with van der Waals surface area (Å²) in [6, 6.07) is 2.55. The smallest absolute Gasteiger partial charge is 0.171 e. The first-order valence-electron chi connectivity index (χ1n) is 7.35. The summed E-state index contributed by atoms with van der Waals surface area (Å²) in [6.45, 7) is 7.18. The summed E-state index contributed by atoms with van der Waals surface area (Å²) in [7, 11) is 0. The van der Waals surface area contributed by atoms with E-state index in [-0.39, 0.29) is 0 Å². The molecule has 1 atom stereocenters. The molecule has 6 nitrogen and oxygen atoms in total. The highest BCUT2D eigenvalue weighted by Gasteiger charge is 2.31. The Hall–Kier alpha value is -1.53. The van der Waals surface area contributed by atoms with Crippen molar-refractivity contribution in [1.29, 1.82) is 0 Å². The van der Waals surface area contributed by atoms with E-state index >= 15 is 0 Å². The van der Waals surface area contributed by atoms with Gasteiger partial charge in [-0.25, -0.2) is 4.98 Å². The van der Waals surface area contributed by atoms with Crippen LogP contribution in [0.4, 0.5) is 11.5 Å². The average Bonchev–Trinajstić information content (AvgIpc) is 2.55. The summed E-state index contributed by atoms with van der Waals surface area (Å²) in [4.78, 5) is 9.35. The van der Waals surface area contributed by atoms with Crippen LogP contribution >= 0.6 is 0 Å². The number of fused-ring (bicyclic) bond motifs is 3. The molecule has 2 saturated heterocycles. The quantitative estimate of drug-likeness (QED) is 0.784. The van der Waals surface area contributed by atoms with Gasteiger partial charge in [0.25, 0.3) is 0 Å². The molecule has 0 saturated carbocycles. The first-order chi connectivity index (χ1) is 9.92. The van der Waals surface area contributed by atoms with Gasteiger partial charge in [-0.3, -0.25) is 0 Å². The third-order valence-corrected chi connectivity index (χ3v) is 4.25. The van der Waals surface area contributed by atoms with E-state index in [2.05, 4.69) is 26.2 Å². The molecular weight excluding hydrogens is 256 g/mol. The average molecular weight is 276 g/mol. The minimum Gasteiger partial charge on any atom is -0.487 e. The van der Waals surface area contributed by atoms with Gasteiger partial charge in [-0.2, -0.15) is 0 Å². The van der Waals surface area contributed by atoms with Crippen LogP contribution in [0.5, 0.6) is 5.75 Å². The Labute approximate surface area is 118 Å². The molecule has 1 aromatic rings. The molecule has 108 valence electrons. The van der Waals surface area contributed by atoms with Crippen LogP contribution in [0, 0.1) is 0 Å². The molecule has 0 spiro atoms. The highest BCUT2D eigenvalue weighted by atomic mass is 16.5. The molecule has 0 radical (unpaired) electrons. The summed E-state index contributed by atoms with van der Waals surface area (Å²) in [6.07, 6.45) is 1.97. The molecule has 4 rings (SSSR count). The normalized spacial score (nSPS) is 25.7. The standard InChI is InChI=1S/C14H20N4O2/c1-2-18-12(8-15-1)10-20-13-7-11(9-16-14(13)18)17-3-5-19-6-4-17/h7,9,12,15H,1-6,8,10H2/t12-/m0/s1. The summed E-state index contributed by atoms with van der Waals surface area (Å²) in [5.74, 6) is 1.92. The van der Waals surface area contributed by atoms with E-state index in [1.54, 1.807) is 0 Å². The van der Waals surface area contributed by atoms with Gasteiger partial charge >= 0.3 is 0 Å². The number of hydrogen-bond acceptors (Lipinski definition) is 6. The zero-order valence-electron chi connectivity index (χ0n) is 11.5. The van der Waals surface area contributed by atoms with Crippen LogP contribution in [-0.4, -0.2) is 63.6 Å². The van der Waals surface area contributed by atoms with Crippen molar-refractivity contribution < 1.29 is 9.47 Å². The Bertz CT molecular complexity index is 490. The van der Waals surface area contributed by atoms with E-state index in [4.69, 9.17) is 9.47 Å². The monoisotopic (exact) mass is 276 g/mol. The lowest BCUT2D eigenvalue weighted by Crippen LogP contribution is -2.56. The zero-order valence-corrected chi connectivity index (χ0v) is 11.5. The predicted molar refractivity (Wildman–Crippen MR) is 76.8 cm³/mol. The SMILES string of the molecule is c1nc2c(cc1N1CCOCC1)OC[C@@H]1CNCCN21. The summed E-state index contributed by atoms with van der Waals surface area (Å²) in [5, 5.41) is 3.41. The third-order valence-electron chi connectivity index (χ3n) is 4.25. The molecule has 4 heterocycles. The molecule has 6 heteroatoms. The van der Waals surface area contributed by atoms with Crippen molar-refractivity contribution in [3.05, 3.63) is 12.3 Å². The molecule has 0 bridgehead atoms. The number of ether oxygens (including phenoxy) is 2. The largest absolute Gasteiger partial charge is 0.487 e. The van der Waals surface area contributed by atoms with Gasteiger partial charge in [-0.1, -0.05) is 0 Å². The number of pyridine rings is 1. The van der Waals surface area contributed by atoms with Crippen molar-refractivity contribution in [3.63, 3.8) is 0 Å². The van der Waals surface area contributed by atoms with Crippen LogP contribution in [0.3, 0.4) is 0 Å². The number of nitrogens with zero attached hydrogens (tertiary/aromatic N) is 3. The molecule has 0 unspecified atom stereocenters. The Balaban J connectivity index is 1.61. The van der Waals surface area contributed by atoms with Gasteiger partial charge in [0.15, 0.2) is 11.6 Å². The third kappa shape index (κ3) is 2.09. The van der Waals surface area contributed by atoms with E-state index in [0.29, 0.717) is 6.04 Å². The number of hydrogen-bond donors (Lipinski definition) is 1. The Morgan fingerprint density at radius 2 is 2.15 bits per heavy atom. The van der Waals surface area contributed by atoms with E-state index in [9.17, 15) is 0 Å². The maximum Gasteiger partial charge on any atom is 0.171 e. The molecule has 0 amide bonds. The maximum absolute atomic E-state index is 5.92. The minimum atomic E-state index is 0.415. The lowest BCUT2D eigenvalue weighted by molar-refractivity contribution is 0.122. The number of aromatic nitrogens is 1. The van der Waals surface area contributed by atoms with Crippen LogP contribution in [0.15, 0.2) is 12.3 Å². The Kier molecular flexibility index (Phi) is 3.12. The van der Waals surface area contributed by atoms with Crippen molar-refractivity contribution in [2.75, 3.05) is 62.3 Å². The Morgan fingerprint density at radius 1 is 1.25 bits per heavy atom. The topological polar surface area (TPSA) is 49.9 Å². The van der Waals surface area contributed by atoms with Crippen LogP contribution in [0.25, 0.3) is 0 Å². The molecule has 0 aliphatic carbocycles. The highest BCUT2D eigenvalue weighted by Crippen LogP contribution is 2.35. The summed E-state index contributed by atoms with van der Waals surface area (Å²) >= 11 is 0. The minimum absolute atomic E-state index is 0.415. The lowest BCUT2D eigenvalue weighted by Gasteiger charge is -2.41. The molecule has 1 N–H and O–H groups in total. The molecule has 2 fully saturated rings. The van der Waals surface area contributed by atoms with Gasteiger partial charge < -0.3 is 24.6 Å². The van der Waals surface area contributed by atoms with E-state index in [1.807, 2.05) is 6.20 Å². The van der Waals surface area contributed by atoms with Crippen LogP contribution in [0.1, 0.15) is 0 Å². The number of anilines is 2. The van der Waals surface area contributed by atoms with Gasteiger partial charge in [0.1, 0.15) is 6.61 Å². The Morgan fingerprint density at radius 3 is 3.05 bits per heavy atom. The van der Waals surface area contributed by atoms with Crippen molar-refractivity contribution >= 4 is 11.5 Å². The summed E-state index contributed by atoms with van der Waals surface area (Å²) in [5.41, 5.74) is 1.14. The van der Waals surface area contributed by atoms with Crippen molar-refractivity contribution in [3.8, 4) is 5.75 Å². The van der Waals surface area contributed by atoms with Crippen LogP contribution < -0.4 is 19.9 Å². The maximum atomic E-state index is 5.92. The first-order valence-corrected chi connectivity index (χ1v) is 7.35. The van der Waals surface area contributed by atoms with E-state index in [1.165, 1.54) is 0 Å². The van der Waals surface area contributed by atoms with Crippen molar-refractivity contribution in [1.82, 2.24) is 10.3 Å². The van der Waals surface area contributed by atoms with Gasteiger partial charge in [-0.05, 0) is 0 Å². The van der Waals surface area contributed by atoms with Gasteiger partial charge in [0.2, 0.25) is 0 Å². The summed E-state index contributed by atoms with van der Waals surface area (Å²) < 4.78 is 11.3. The van der Waals surface area contributed by atoms with E-state index in [0.717, 1.165) is 69.8 Å². The van der Waals surface area contributed by atoms with Gasteiger partial charge in [0, 0.05) is 38.8 Å². The molecule has 1 aromatic heterocycles. The number of rotatable bonds is 1. The second-order valence-electron chi connectivity index (χ2n) is 5.48. The van der Waals surface area contributed by atoms with Gasteiger partial charge in [0.05, 0.1) is 31.1 Å². The fourth-order valence-electron chi connectivity index (χ4n) is 3.12. The predicted octanol–water partition coefficient (Wildman–Crippen LogP) is 0.0888. The molecule has 20 heavy (non-hydrogen) atoms. The zero-order chi connectivity index (χ0) is 13.4. The number of nitrogens with one attached hydrogen (secondary N) is 1. The van der Waals surface area contributed by atoms with Crippen LogP contribution in [0.2, 0.25) is 0 Å². The lowest BCUT2D eigenvalue weighted by atomic mass is 10.1. The molecule has 3 aliphatic rings. The fraction of sp³-hybridized carbons (Fsp3) is 0.643. The van der Waals surface area contributed by atoms with Gasteiger partial charge in [-0.15, -0.1) is 0 Å². The molecule has 3 aliphatic heterocycles. The fourth-order valence-corrected chi connectivity index (χ4v) is 3.12. The molecule has 0 aromatic carbocycles. The van der Waals surface area contributed by atoms with Crippen molar-refractivity contribution in [2.45, 2.75) is 6.04 Å². The number of piperazine rings is 1. The van der Waals surface area contributed by atoms with Crippen LogP contribution in [-0.2, 0) is 4.74 Å². The highest BCUT2D eigenvalue weighted by molar-refractivity contribution is 5.62.